The molecule has 0 bridgehead atoms. The molecule has 0 saturated carbocycles. The van der Waals surface area contributed by atoms with E-state index in [4.69, 9.17) is 0 Å². The van der Waals surface area contributed by atoms with Crippen LogP contribution in [-0.2, 0) is 19.1 Å². The van der Waals surface area contributed by atoms with Crippen molar-refractivity contribution < 1.29 is 129 Å². The summed E-state index contributed by atoms with van der Waals surface area (Å²) in [7, 11) is 0. The normalized spacial score (nSPS) is 12.2. The number of carbonyl (C=O) groups excluding carboxylic acids is 3. The van der Waals surface area contributed by atoms with E-state index in [1.807, 2.05) is 0 Å². The molecule has 0 aromatic heterocycles. The summed E-state index contributed by atoms with van der Waals surface area (Å²) in [6.45, 7) is 2.95. The molecular formula is C7H10Br2K2O5. The van der Waals surface area contributed by atoms with Crippen LogP contribution in [0.4, 0.5) is 4.79 Å². The summed E-state index contributed by atoms with van der Waals surface area (Å²) in [6, 6.07) is 0. The van der Waals surface area contributed by atoms with Gasteiger partial charge in [0.2, 0.25) is 0 Å². The van der Waals surface area contributed by atoms with E-state index in [1.54, 1.807) is 0 Å². The molecule has 16 heavy (non-hydrogen) atoms. The molecule has 0 spiro atoms. The molecule has 0 radical (unpaired) electrons. The van der Waals surface area contributed by atoms with Crippen LogP contribution in [0.2, 0.25) is 0 Å². The number of esters is 2. The Morgan fingerprint density at radius 2 is 1.19 bits per heavy atom. The third-order valence-corrected chi connectivity index (χ3v) is 1.77. The molecule has 0 fully saturated rings. The van der Waals surface area contributed by atoms with Crippen LogP contribution in [0.3, 0.4) is 0 Å². The summed E-state index contributed by atoms with van der Waals surface area (Å²) in [6.07, 6.45) is -1.32. The minimum absolute atomic E-state index is 0. The molecule has 2 unspecified atom stereocenters. The molecule has 0 saturated heterocycles. The van der Waals surface area contributed by atoms with Crippen LogP contribution in [0.15, 0.2) is 0 Å². The zero-order valence-electron chi connectivity index (χ0n) is 11.5. The van der Waals surface area contributed by atoms with Crippen LogP contribution in [0.5, 0.6) is 0 Å². The number of halogens is 2. The fourth-order valence-electron chi connectivity index (χ4n) is 0.347. The Hall–Kier alpha value is 2.84. The third-order valence-electron chi connectivity index (χ3n) is 1.02. The smallest absolute Gasteiger partial charge is 1.00 e. The second kappa shape index (κ2) is 12.9. The van der Waals surface area contributed by atoms with Gasteiger partial charge in [-0.1, -0.05) is 31.9 Å². The van der Waals surface area contributed by atoms with Gasteiger partial charge in [0, 0.05) is 0 Å². The average molecular weight is 412 g/mol. The van der Waals surface area contributed by atoms with E-state index in [1.165, 1.54) is 13.8 Å². The van der Waals surface area contributed by atoms with Crippen LogP contribution in [-0.4, -0.2) is 27.7 Å². The van der Waals surface area contributed by atoms with E-state index in [2.05, 4.69) is 41.3 Å². The molecule has 0 heterocycles. The topological polar surface area (TPSA) is 69.7 Å². The number of carbonyl (C=O) groups is 3. The van der Waals surface area contributed by atoms with E-state index < -0.39 is 27.7 Å². The third kappa shape index (κ3) is 11.9. The molecule has 0 N–H and O–H groups in total. The summed E-state index contributed by atoms with van der Waals surface area (Å²) in [5.41, 5.74) is 0. The monoisotopic (exact) mass is 410 g/mol. The second-order valence-corrected chi connectivity index (χ2v) is 5.07. The van der Waals surface area contributed by atoms with Crippen LogP contribution >= 0.6 is 31.9 Å². The first-order chi connectivity index (χ1) is 6.34. The van der Waals surface area contributed by atoms with Crippen molar-refractivity contribution in [1.82, 2.24) is 0 Å². The Balaban J connectivity index is -0.000000141. The first-order valence-electron chi connectivity index (χ1n) is 3.60. The molecular weight excluding hydrogens is 402 g/mol. The molecule has 0 aliphatic rings. The van der Waals surface area contributed by atoms with Crippen LogP contribution in [0, 0.1) is 0 Å². The molecule has 0 amide bonds. The van der Waals surface area contributed by atoms with Gasteiger partial charge in [0.25, 0.3) is 0 Å². The Kier molecular flexibility index (Phi) is 19.2. The first-order valence-corrected chi connectivity index (χ1v) is 5.43. The summed E-state index contributed by atoms with van der Waals surface area (Å²) < 4.78 is 8.29. The van der Waals surface area contributed by atoms with Crippen LogP contribution in [0.25, 0.3) is 0 Å². The SMILES string of the molecule is CC(Br)C(=O)OC(=O)OC(=O)C(C)Br.[H-].[H-].[K+].[K+]. The predicted molar refractivity (Wildman–Crippen MR) is 56.6 cm³/mol. The van der Waals surface area contributed by atoms with Crippen molar-refractivity contribution in [1.29, 1.82) is 0 Å². The number of rotatable bonds is 2. The molecule has 0 rings (SSSR count). The maximum Gasteiger partial charge on any atom is 1.00 e. The molecule has 2 atom stereocenters. The number of hydrogen-bond donors (Lipinski definition) is 0. The molecule has 9 heteroatoms. The van der Waals surface area contributed by atoms with Gasteiger partial charge in [0.05, 0.1) is 0 Å². The number of alkyl halides is 2. The zero-order chi connectivity index (χ0) is 11.3. The van der Waals surface area contributed by atoms with Gasteiger partial charge in [-0.25, -0.2) is 4.79 Å². The van der Waals surface area contributed by atoms with Gasteiger partial charge in [-0.2, -0.15) is 0 Å². The summed E-state index contributed by atoms with van der Waals surface area (Å²) in [5.74, 6) is -1.63. The van der Waals surface area contributed by atoms with E-state index in [-0.39, 0.29) is 106 Å². The van der Waals surface area contributed by atoms with Crippen molar-refractivity contribution in [3.63, 3.8) is 0 Å². The number of hydrogen-bond acceptors (Lipinski definition) is 5. The molecule has 0 aliphatic heterocycles. The van der Waals surface area contributed by atoms with Gasteiger partial charge in [-0.05, 0) is 13.8 Å². The molecule has 0 aliphatic carbocycles. The number of ether oxygens (including phenoxy) is 2. The quantitative estimate of drug-likeness (QED) is 0.200. The fraction of sp³-hybridized carbons (Fsp3) is 0.571. The molecule has 5 nitrogen and oxygen atoms in total. The molecule has 0 aromatic rings. The first kappa shape index (κ1) is 23.9. The Morgan fingerprint density at radius 3 is 1.38 bits per heavy atom. The fourth-order valence-corrected chi connectivity index (χ4v) is 0.534. The van der Waals surface area contributed by atoms with Crippen molar-refractivity contribution in [2.24, 2.45) is 0 Å². The standard InChI is InChI=1S/C7H8Br2O5.2K.2H/c1-3(8)5(10)13-7(12)14-6(11)4(2)9;;;;/h3-4H,1-2H3;;;;/q;2*+1;2*-1. The van der Waals surface area contributed by atoms with E-state index in [0.717, 1.165) is 0 Å². The van der Waals surface area contributed by atoms with Gasteiger partial charge < -0.3 is 12.3 Å². The maximum absolute atomic E-state index is 10.8. The molecule has 0 aromatic carbocycles. The Bertz CT molecular complexity index is 242. The van der Waals surface area contributed by atoms with Crippen molar-refractivity contribution >= 4 is 50.0 Å². The van der Waals surface area contributed by atoms with E-state index >= 15 is 0 Å². The minimum Gasteiger partial charge on any atom is -1.00 e. The average Bonchev–Trinajstić information content (AvgIpc) is 2.03. The summed E-state index contributed by atoms with van der Waals surface area (Å²) >= 11 is 5.77. The van der Waals surface area contributed by atoms with Gasteiger partial charge in [-0.15, -0.1) is 0 Å². The predicted octanol–water partition coefficient (Wildman–Crippen LogP) is -4.01. The van der Waals surface area contributed by atoms with Crippen molar-refractivity contribution in [3.8, 4) is 0 Å². The minimum atomic E-state index is -1.32. The van der Waals surface area contributed by atoms with Crippen molar-refractivity contribution in [3.05, 3.63) is 0 Å². The van der Waals surface area contributed by atoms with E-state index in [0.29, 0.717) is 0 Å². The van der Waals surface area contributed by atoms with Gasteiger partial charge >= 0.3 is 121 Å². The molecule has 84 valence electrons. The van der Waals surface area contributed by atoms with Crippen LogP contribution in [0.1, 0.15) is 16.7 Å². The van der Waals surface area contributed by atoms with Crippen LogP contribution < -0.4 is 103 Å². The second-order valence-electron chi connectivity index (χ2n) is 2.32. The Morgan fingerprint density at radius 1 is 0.938 bits per heavy atom. The van der Waals surface area contributed by atoms with E-state index in [9.17, 15) is 14.4 Å². The summed E-state index contributed by atoms with van der Waals surface area (Å²) in [5, 5.41) is 0. The largest absolute Gasteiger partial charge is 1.00 e. The van der Waals surface area contributed by atoms with Crippen molar-refractivity contribution in [2.75, 3.05) is 0 Å². The Labute approximate surface area is 198 Å². The van der Waals surface area contributed by atoms with Gasteiger partial charge in [-0.3, -0.25) is 9.59 Å². The summed E-state index contributed by atoms with van der Waals surface area (Å²) in [4.78, 5) is 31.1. The zero-order valence-corrected chi connectivity index (χ0v) is 18.9. The van der Waals surface area contributed by atoms with Gasteiger partial charge in [0.1, 0.15) is 9.65 Å². The van der Waals surface area contributed by atoms with Gasteiger partial charge in [0.15, 0.2) is 0 Å². The maximum atomic E-state index is 10.8. The van der Waals surface area contributed by atoms with Crippen molar-refractivity contribution in [2.45, 2.75) is 23.5 Å².